The minimum Gasteiger partial charge on any atom is -0.391 e. The highest BCUT2D eigenvalue weighted by Crippen LogP contribution is 2.41. The highest BCUT2D eigenvalue weighted by Gasteiger charge is 2.43. The van der Waals surface area contributed by atoms with Crippen LogP contribution in [0, 0.1) is 5.92 Å². The molecule has 0 spiro atoms. The molecule has 0 bridgehead atoms. The fourth-order valence-corrected chi connectivity index (χ4v) is 3.99. The molecule has 3 aliphatic rings. The summed E-state index contributed by atoms with van der Waals surface area (Å²) in [6, 6.07) is 1.36. The summed E-state index contributed by atoms with van der Waals surface area (Å²) in [7, 11) is 0. The van der Waals surface area contributed by atoms with E-state index in [-0.39, 0.29) is 6.10 Å². The van der Waals surface area contributed by atoms with Crippen LogP contribution < -0.4 is 0 Å². The summed E-state index contributed by atoms with van der Waals surface area (Å²) < 4.78 is 0. The zero-order valence-corrected chi connectivity index (χ0v) is 8.86. The average Bonchev–Trinajstić information content (AvgIpc) is 2.78. The SMILES string of the molecule is OC1CCCC1N1CCC2CCCC21. The van der Waals surface area contributed by atoms with Crippen LogP contribution in [0.3, 0.4) is 0 Å². The van der Waals surface area contributed by atoms with Crippen LogP contribution in [-0.4, -0.2) is 34.7 Å². The van der Waals surface area contributed by atoms with E-state index < -0.39 is 0 Å². The number of aliphatic hydroxyl groups is 1. The molecule has 0 amide bonds. The third-order valence-corrected chi connectivity index (χ3v) is 4.67. The molecule has 2 saturated carbocycles. The number of aliphatic hydroxyl groups excluding tert-OH is 1. The molecule has 1 N–H and O–H groups in total. The molecule has 2 heteroatoms. The Morgan fingerprint density at radius 1 is 0.857 bits per heavy atom. The van der Waals surface area contributed by atoms with E-state index >= 15 is 0 Å². The summed E-state index contributed by atoms with van der Waals surface area (Å²) in [6.07, 6.45) is 9.16. The van der Waals surface area contributed by atoms with Crippen molar-refractivity contribution in [2.75, 3.05) is 6.54 Å². The first-order valence-corrected chi connectivity index (χ1v) is 6.30. The molecule has 1 saturated heterocycles. The van der Waals surface area contributed by atoms with E-state index in [9.17, 15) is 5.11 Å². The smallest absolute Gasteiger partial charge is 0.0695 e. The summed E-state index contributed by atoms with van der Waals surface area (Å²) in [4.78, 5) is 2.65. The summed E-state index contributed by atoms with van der Waals surface area (Å²) >= 11 is 0. The van der Waals surface area contributed by atoms with Gasteiger partial charge in [-0.05, 0) is 51.0 Å². The summed E-state index contributed by atoms with van der Waals surface area (Å²) in [5, 5.41) is 9.93. The van der Waals surface area contributed by atoms with Gasteiger partial charge in [0, 0.05) is 12.1 Å². The third kappa shape index (κ3) is 1.31. The second-order valence-electron chi connectivity index (χ2n) is 5.35. The van der Waals surface area contributed by atoms with E-state index in [0.29, 0.717) is 6.04 Å². The number of nitrogens with zero attached hydrogens (tertiary/aromatic N) is 1. The number of fused-ring (bicyclic) bond motifs is 1. The standard InChI is InChI=1S/C12H21NO/c14-12-6-2-5-11(12)13-8-7-9-3-1-4-10(9)13/h9-12,14H,1-8H2. The fourth-order valence-electron chi connectivity index (χ4n) is 3.99. The van der Waals surface area contributed by atoms with Crippen molar-refractivity contribution >= 4 is 0 Å². The predicted molar refractivity (Wildman–Crippen MR) is 56.1 cm³/mol. The third-order valence-electron chi connectivity index (χ3n) is 4.67. The Bertz CT molecular complexity index is 218. The quantitative estimate of drug-likeness (QED) is 0.689. The van der Waals surface area contributed by atoms with Crippen LogP contribution in [0.15, 0.2) is 0 Å². The van der Waals surface area contributed by atoms with E-state index in [1.54, 1.807) is 0 Å². The Kier molecular flexibility index (Phi) is 2.29. The van der Waals surface area contributed by atoms with E-state index in [1.807, 2.05) is 0 Å². The first kappa shape index (κ1) is 9.17. The molecule has 0 aromatic heterocycles. The van der Waals surface area contributed by atoms with Crippen molar-refractivity contribution in [3.05, 3.63) is 0 Å². The van der Waals surface area contributed by atoms with Crippen LogP contribution in [0.5, 0.6) is 0 Å². The monoisotopic (exact) mass is 195 g/mol. The van der Waals surface area contributed by atoms with Gasteiger partial charge in [0.25, 0.3) is 0 Å². The molecule has 2 nitrogen and oxygen atoms in total. The van der Waals surface area contributed by atoms with E-state index in [2.05, 4.69) is 4.90 Å². The second-order valence-corrected chi connectivity index (χ2v) is 5.35. The predicted octanol–water partition coefficient (Wildman–Crippen LogP) is 1.77. The lowest BCUT2D eigenvalue weighted by Gasteiger charge is -2.32. The van der Waals surface area contributed by atoms with Crippen molar-refractivity contribution in [3.8, 4) is 0 Å². The summed E-state index contributed by atoms with van der Waals surface area (Å²) in [6.45, 7) is 1.26. The van der Waals surface area contributed by atoms with Gasteiger partial charge in [-0.1, -0.05) is 6.42 Å². The lowest BCUT2D eigenvalue weighted by molar-refractivity contribution is 0.0603. The highest BCUT2D eigenvalue weighted by atomic mass is 16.3. The first-order valence-electron chi connectivity index (χ1n) is 6.30. The molecular weight excluding hydrogens is 174 g/mol. The molecule has 3 fully saturated rings. The molecule has 2 aliphatic carbocycles. The van der Waals surface area contributed by atoms with Crippen molar-refractivity contribution in [2.24, 2.45) is 5.92 Å². The van der Waals surface area contributed by atoms with Gasteiger partial charge in [0.2, 0.25) is 0 Å². The molecule has 1 heterocycles. The summed E-state index contributed by atoms with van der Waals surface area (Å²) in [5.41, 5.74) is 0. The van der Waals surface area contributed by atoms with Crippen LogP contribution in [0.2, 0.25) is 0 Å². The van der Waals surface area contributed by atoms with E-state index in [1.165, 1.54) is 45.1 Å². The Balaban J connectivity index is 1.72. The maximum absolute atomic E-state index is 9.93. The van der Waals surface area contributed by atoms with Gasteiger partial charge in [0.1, 0.15) is 0 Å². The molecule has 80 valence electrons. The molecular formula is C12H21NO. The van der Waals surface area contributed by atoms with Gasteiger partial charge in [-0.15, -0.1) is 0 Å². The lowest BCUT2D eigenvalue weighted by Crippen LogP contribution is -2.43. The highest BCUT2D eigenvalue weighted by molar-refractivity contribution is 4.97. The Morgan fingerprint density at radius 3 is 2.43 bits per heavy atom. The van der Waals surface area contributed by atoms with Gasteiger partial charge in [-0.2, -0.15) is 0 Å². The Labute approximate surface area is 86.3 Å². The zero-order valence-electron chi connectivity index (χ0n) is 8.86. The molecule has 1 aliphatic heterocycles. The maximum Gasteiger partial charge on any atom is 0.0695 e. The Morgan fingerprint density at radius 2 is 1.64 bits per heavy atom. The number of rotatable bonds is 1. The van der Waals surface area contributed by atoms with Gasteiger partial charge in [0.05, 0.1) is 6.10 Å². The van der Waals surface area contributed by atoms with Crippen molar-refractivity contribution in [3.63, 3.8) is 0 Å². The summed E-state index contributed by atoms with van der Waals surface area (Å²) in [5.74, 6) is 0.975. The fraction of sp³-hybridized carbons (Fsp3) is 1.00. The second kappa shape index (κ2) is 3.49. The lowest BCUT2D eigenvalue weighted by atomic mass is 10.0. The first-order chi connectivity index (χ1) is 6.86. The number of hydrogen-bond donors (Lipinski definition) is 1. The molecule has 3 rings (SSSR count). The van der Waals surface area contributed by atoms with Gasteiger partial charge >= 0.3 is 0 Å². The van der Waals surface area contributed by atoms with Crippen molar-refractivity contribution in [2.45, 2.75) is 63.1 Å². The topological polar surface area (TPSA) is 23.5 Å². The normalized spacial score (nSPS) is 48.6. The molecule has 0 aromatic carbocycles. The van der Waals surface area contributed by atoms with Gasteiger partial charge in [-0.25, -0.2) is 0 Å². The van der Waals surface area contributed by atoms with Gasteiger partial charge < -0.3 is 5.11 Å². The average molecular weight is 195 g/mol. The molecule has 0 aromatic rings. The van der Waals surface area contributed by atoms with Crippen molar-refractivity contribution < 1.29 is 5.11 Å². The van der Waals surface area contributed by atoms with Crippen LogP contribution >= 0.6 is 0 Å². The molecule has 14 heavy (non-hydrogen) atoms. The number of hydrogen-bond acceptors (Lipinski definition) is 2. The minimum atomic E-state index is -0.0191. The van der Waals surface area contributed by atoms with Crippen LogP contribution in [-0.2, 0) is 0 Å². The van der Waals surface area contributed by atoms with Gasteiger partial charge in [-0.3, -0.25) is 4.90 Å². The minimum absolute atomic E-state index is 0.0191. The zero-order chi connectivity index (χ0) is 9.54. The van der Waals surface area contributed by atoms with Crippen LogP contribution in [0.25, 0.3) is 0 Å². The molecule has 4 atom stereocenters. The van der Waals surface area contributed by atoms with E-state index in [0.717, 1.165) is 18.4 Å². The Hall–Kier alpha value is -0.0800. The van der Waals surface area contributed by atoms with E-state index in [4.69, 9.17) is 0 Å². The molecule has 4 unspecified atom stereocenters. The molecule has 0 radical (unpaired) electrons. The van der Waals surface area contributed by atoms with Gasteiger partial charge in [0.15, 0.2) is 0 Å². The van der Waals surface area contributed by atoms with Crippen molar-refractivity contribution in [1.29, 1.82) is 0 Å². The van der Waals surface area contributed by atoms with Crippen molar-refractivity contribution in [1.82, 2.24) is 4.90 Å². The van der Waals surface area contributed by atoms with Crippen LogP contribution in [0.4, 0.5) is 0 Å². The van der Waals surface area contributed by atoms with Crippen LogP contribution in [0.1, 0.15) is 44.9 Å². The largest absolute Gasteiger partial charge is 0.391 e. The number of likely N-dealkylation sites (tertiary alicyclic amines) is 1. The maximum atomic E-state index is 9.93.